The normalized spacial score (nSPS) is 10.8. The van der Waals surface area contributed by atoms with Crippen LogP contribution in [-0.2, 0) is 13.0 Å². The zero-order chi connectivity index (χ0) is 14.7. The largest absolute Gasteiger partial charge is 0.379 e. The van der Waals surface area contributed by atoms with Crippen LogP contribution in [0, 0.1) is 0 Å². The van der Waals surface area contributed by atoms with E-state index in [0.717, 1.165) is 34.0 Å². The van der Waals surface area contributed by atoms with Crippen molar-refractivity contribution in [1.29, 1.82) is 0 Å². The number of rotatable bonds is 4. The average molecular weight is 341 g/mol. The van der Waals surface area contributed by atoms with E-state index < -0.39 is 0 Å². The molecule has 0 aliphatic carbocycles. The number of hydrogen-bond donors (Lipinski definition) is 1. The number of nitrogens with zero attached hydrogens (tertiary/aromatic N) is 1. The van der Waals surface area contributed by atoms with Crippen LogP contribution >= 0.6 is 15.9 Å². The minimum absolute atomic E-state index is 0.806. The van der Waals surface area contributed by atoms with Crippen LogP contribution in [0.2, 0.25) is 0 Å². The van der Waals surface area contributed by atoms with E-state index in [1.165, 1.54) is 11.1 Å². The average Bonchev–Trinajstić information content (AvgIpc) is 2.53. The van der Waals surface area contributed by atoms with Gasteiger partial charge in [0.15, 0.2) is 0 Å². The fourth-order valence-corrected chi connectivity index (χ4v) is 2.72. The van der Waals surface area contributed by atoms with Gasteiger partial charge in [-0.15, -0.1) is 0 Å². The molecule has 0 amide bonds. The Morgan fingerprint density at radius 1 is 1.05 bits per heavy atom. The maximum Gasteiger partial charge on any atom is 0.0934 e. The van der Waals surface area contributed by atoms with Crippen LogP contribution in [0.3, 0.4) is 0 Å². The molecule has 2 nitrogen and oxygen atoms in total. The van der Waals surface area contributed by atoms with Gasteiger partial charge >= 0.3 is 0 Å². The molecule has 3 aromatic rings. The van der Waals surface area contributed by atoms with E-state index in [1.54, 1.807) is 0 Å². The number of pyridine rings is 1. The monoisotopic (exact) mass is 340 g/mol. The van der Waals surface area contributed by atoms with Gasteiger partial charge in [-0.25, -0.2) is 0 Å². The first-order chi connectivity index (χ1) is 10.3. The van der Waals surface area contributed by atoms with Crippen LogP contribution in [0.4, 0.5) is 5.69 Å². The van der Waals surface area contributed by atoms with Crippen molar-refractivity contribution in [2.24, 2.45) is 0 Å². The lowest BCUT2D eigenvalue weighted by Gasteiger charge is -2.10. The fraction of sp³-hybridized carbons (Fsp3) is 0.167. The third-order valence-corrected chi connectivity index (χ3v) is 4.03. The first kappa shape index (κ1) is 14.1. The molecule has 0 aliphatic rings. The molecule has 0 saturated carbocycles. The van der Waals surface area contributed by atoms with Gasteiger partial charge in [-0.1, -0.05) is 43.3 Å². The highest BCUT2D eigenvalue weighted by molar-refractivity contribution is 9.10. The van der Waals surface area contributed by atoms with E-state index >= 15 is 0 Å². The highest BCUT2D eigenvalue weighted by Gasteiger charge is 2.03. The van der Waals surface area contributed by atoms with E-state index in [2.05, 4.69) is 81.7 Å². The van der Waals surface area contributed by atoms with Crippen LogP contribution in [0.25, 0.3) is 10.9 Å². The lowest BCUT2D eigenvalue weighted by atomic mass is 10.1. The molecule has 1 heterocycles. The second-order valence-corrected chi connectivity index (χ2v) is 5.97. The third kappa shape index (κ3) is 3.24. The van der Waals surface area contributed by atoms with Gasteiger partial charge in [0.25, 0.3) is 0 Å². The molecule has 0 radical (unpaired) electrons. The highest BCUT2D eigenvalue weighted by atomic mass is 79.9. The Kier molecular flexibility index (Phi) is 4.20. The lowest BCUT2D eigenvalue weighted by Crippen LogP contribution is -2.00. The van der Waals surface area contributed by atoms with Crippen LogP contribution in [0.15, 0.2) is 59.2 Å². The van der Waals surface area contributed by atoms with Crippen molar-refractivity contribution in [2.45, 2.75) is 19.9 Å². The molecule has 21 heavy (non-hydrogen) atoms. The number of para-hydroxylation sites is 1. The summed E-state index contributed by atoms with van der Waals surface area (Å²) >= 11 is 3.46. The summed E-state index contributed by atoms with van der Waals surface area (Å²) in [4.78, 5) is 4.51. The molecule has 0 spiro atoms. The summed E-state index contributed by atoms with van der Waals surface area (Å²) in [5.74, 6) is 0. The molecule has 0 aliphatic heterocycles. The SMILES string of the molecule is CCc1ccc(CNc2cccc3cc(Br)cnc23)cc1. The second-order valence-electron chi connectivity index (χ2n) is 5.05. The molecular weight excluding hydrogens is 324 g/mol. The molecule has 0 bridgehead atoms. The van der Waals surface area contributed by atoms with Crippen molar-refractivity contribution in [2.75, 3.05) is 5.32 Å². The molecule has 0 unspecified atom stereocenters. The summed E-state index contributed by atoms with van der Waals surface area (Å²) in [7, 11) is 0. The predicted octanol–water partition coefficient (Wildman–Crippen LogP) is 5.17. The van der Waals surface area contributed by atoms with Crippen LogP contribution < -0.4 is 5.32 Å². The third-order valence-electron chi connectivity index (χ3n) is 3.59. The first-order valence-corrected chi connectivity index (χ1v) is 7.91. The second kappa shape index (κ2) is 6.27. The van der Waals surface area contributed by atoms with Gasteiger partial charge in [-0.05, 0) is 45.6 Å². The van der Waals surface area contributed by atoms with Crippen molar-refractivity contribution >= 4 is 32.5 Å². The molecule has 3 rings (SSSR count). The van der Waals surface area contributed by atoms with Crippen molar-refractivity contribution in [3.8, 4) is 0 Å². The zero-order valence-corrected chi connectivity index (χ0v) is 13.5. The molecule has 0 saturated heterocycles. The fourth-order valence-electron chi connectivity index (χ4n) is 2.37. The van der Waals surface area contributed by atoms with Crippen molar-refractivity contribution in [3.05, 3.63) is 70.3 Å². The van der Waals surface area contributed by atoms with Gasteiger partial charge in [0.05, 0.1) is 11.2 Å². The number of aromatic nitrogens is 1. The molecule has 0 fully saturated rings. The summed E-state index contributed by atoms with van der Waals surface area (Å²) in [6.07, 6.45) is 2.92. The number of halogens is 1. The van der Waals surface area contributed by atoms with E-state index in [0.29, 0.717) is 0 Å². The molecule has 3 heteroatoms. The number of hydrogen-bond acceptors (Lipinski definition) is 2. The van der Waals surface area contributed by atoms with Crippen molar-refractivity contribution in [1.82, 2.24) is 4.98 Å². The molecule has 106 valence electrons. The summed E-state index contributed by atoms with van der Waals surface area (Å²) in [5, 5.41) is 4.62. The van der Waals surface area contributed by atoms with E-state index in [9.17, 15) is 0 Å². The molecule has 1 N–H and O–H groups in total. The Balaban J connectivity index is 1.81. The number of fused-ring (bicyclic) bond motifs is 1. The van der Waals surface area contributed by atoms with Gasteiger partial charge in [0.2, 0.25) is 0 Å². The Morgan fingerprint density at radius 3 is 2.57 bits per heavy atom. The Labute approximate surface area is 133 Å². The van der Waals surface area contributed by atoms with E-state index in [1.807, 2.05) is 6.20 Å². The lowest BCUT2D eigenvalue weighted by molar-refractivity contribution is 1.11. The highest BCUT2D eigenvalue weighted by Crippen LogP contribution is 2.24. The summed E-state index contributed by atoms with van der Waals surface area (Å²) in [5.41, 5.74) is 4.72. The quantitative estimate of drug-likeness (QED) is 0.708. The minimum Gasteiger partial charge on any atom is -0.379 e. The maximum absolute atomic E-state index is 4.51. The smallest absolute Gasteiger partial charge is 0.0934 e. The van der Waals surface area contributed by atoms with Crippen molar-refractivity contribution < 1.29 is 0 Å². The van der Waals surface area contributed by atoms with Crippen molar-refractivity contribution in [3.63, 3.8) is 0 Å². The topological polar surface area (TPSA) is 24.9 Å². The number of benzene rings is 2. The van der Waals surface area contributed by atoms with Crippen LogP contribution in [0.1, 0.15) is 18.1 Å². The van der Waals surface area contributed by atoms with E-state index in [-0.39, 0.29) is 0 Å². The number of anilines is 1. The van der Waals surface area contributed by atoms with Gasteiger partial charge in [-0.3, -0.25) is 4.98 Å². The Morgan fingerprint density at radius 2 is 1.81 bits per heavy atom. The number of nitrogens with one attached hydrogen (secondary N) is 1. The van der Waals surface area contributed by atoms with Crippen LogP contribution in [0.5, 0.6) is 0 Å². The molecule has 0 atom stereocenters. The first-order valence-electron chi connectivity index (χ1n) is 7.12. The summed E-state index contributed by atoms with van der Waals surface area (Å²) < 4.78 is 1.00. The Hall–Kier alpha value is -1.87. The summed E-state index contributed by atoms with van der Waals surface area (Å²) in [6.45, 7) is 2.98. The zero-order valence-electron chi connectivity index (χ0n) is 11.9. The predicted molar refractivity (Wildman–Crippen MR) is 92.6 cm³/mol. The minimum atomic E-state index is 0.806. The van der Waals surface area contributed by atoms with Gasteiger partial charge < -0.3 is 5.32 Å². The van der Waals surface area contributed by atoms with Gasteiger partial charge in [-0.2, -0.15) is 0 Å². The van der Waals surface area contributed by atoms with E-state index in [4.69, 9.17) is 0 Å². The molecule has 2 aromatic carbocycles. The van der Waals surface area contributed by atoms with Gasteiger partial charge in [0, 0.05) is 22.6 Å². The van der Waals surface area contributed by atoms with Crippen LogP contribution in [-0.4, -0.2) is 4.98 Å². The summed E-state index contributed by atoms with van der Waals surface area (Å²) in [6, 6.07) is 17.0. The maximum atomic E-state index is 4.51. The number of aryl methyl sites for hydroxylation is 1. The molecular formula is C18H17BrN2. The van der Waals surface area contributed by atoms with Gasteiger partial charge in [0.1, 0.15) is 0 Å². The molecule has 1 aromatic heterocycles. The Bertz CT molecular complexity index is 751. The standard InChI is InChI=1S/C18H17BrN2/c1-2-13-6-8-14(9-7-13)11-20-17-5-3-4-15-10-16(19)12-21-18(15)17/h3-10,12,20H,2,11H2,1H3.